The fourth-order valence-electron chi connectivity index (χ4n) is 4.63. The van der Waals surface area contributed by atoms with Crippen LogP contribution in [0.5, 0.6) is 0 Å². The number of aromatic nitrogens is 2. The molecule has 1 aliphatic rings. The summed E-state index contributed by atoms with van der Waals surface area (Å²) in [4.78, 5) is 25.9. The van der Waals surface area contributed by atoms with E-state index in [0.717, 1.165) is 16.7 Å². The molecule has 0 unspecified atom stereocenters. The van der Waals surface area contributed by atoms with Gasteiger partial charge in [0.05, 0.1) is 6.10 Å². The number of aliphatic hydroxyl groups is 1. The second-order valence-electron chi connectivity index (χ2n) is 8.58. The van der Waals surface area contributed by atoms with Crippen molar-refractivity contribution in [2.75, 3.05) is 0 Å². The number of benzene rings is 3. The van der Waals surface area contributed by atoms with Crippen LogP contribution >= 0.6 is 0 Å². The van der Waals surface area contributed by atoms with Gasteiger partial charge in [-0.05, 0) is 0 Å². The molecule has 36 heavy (non-hydrogen) atoms. The topological polar surface area (TPSA) is 117 Å². The number of hydrogen-bond donors (Lipinski definition) is 3. The zero-order valence-corrected chi connectivity index (χ0v) is 19.3. The highest BCUT2D eigenvalue weighted by Gasteiger charge is 2.45. The normalized spacial score (nSPS) is 19.6. The third-order valence-corrected chi connectivity index (χ3v) is 6.32. The molecule has 3 N–H and O–H groups in total. The number of H-pyrrole nitrogens is 1. The van der Waals surface area contributed by atoms with Crippen molar-refractivity contribution in [3.05, 3.63) is 141 Å². The van der Waals surface area contributed by atoms with Crippen molar-refractivity contribution in [2.45, 2.75) is 30.5 Å². The van der Waals surface area contributed by atoms with Crippen LogP contribution in [0.15, 0.2) is 113 Å². The molecule has 3 atom stereocenters. The second kappa shape index (κ2) is 9.77. The maximum absolute atomic E-state index is 12.3. The molecule has 2 heterocycles. The van der Waals surface area contributed by atoms with Gasteiger partial charge in [-0.1, -0.05) is 91.0 Å². The van der Waals surface area contributed by atoms with Gasteiger partial charge in [-0.25, -0.2) is 4.79 Å². The van der Waals surface area contributed by atoms with E-state index in [0.29, 0.717) is 0 Å². The van der Waals surface area contributed by atoms with Crippen LogP contribution in [-0.4, -0.2) is 32.8 Å². The predicted octanol–water partition coefficient (Wildman–Crippen LogP) is 3.17. The molecule has 0 spiro atoms. The fourth-order valence-corrected chi connectivity index (χ4v) is 4.63. The summed E-state index contributed by atoms with van der Waals surface area (Å²) < 4.78 is 13.7. The average Bonchev–Trinajstić information content (AvgIpc) is 3.30. The van der Waals surface area contributed by atoms with Gasteiger partial charge < -0.3 is 14.6 Å². The summed E-state index contributed by atoms with van der Waals surface area (Å²) >= 11 is 0. The highest BCUT2D eigenvalue weighted by atomic mass is 16.6. The minimum Gasteiger partial charge on any atom is -0.458 e. The van der Waals surface area contributed by atoms with E-state index >= 15 is 0 Å². The lowest BCUT2D eigenvalue weighted by molar-refractivity contribution is -0.00758. The van der Waals surface area contributed by atoms with E-state index in [1.807, 2.05) is 91.0 Å². The van der Waals surface area contributed by atoms with E-state index in [9.17, 15) is 14.7 Å². The average molecular weight is 484 g/mol. The van der Waals surface area contributed by atoms with E-state index < -0.39 is 35.3 Å². The Labute approximate surface area is 206 Å². The first-order chi connectivity index (χ1) is 17.5. The summed E-state index contributed by atoms with van der Waals surface area (Å²) in [6.45, 7) is 0. The Bertz CT molecular complexity index is 1350. The van der Waals surface area contributed by atoms with Crippen LogP contribution in [-0.2, 0) is 15.1 Å². The molecule has 1 saturated heterocycles. The smallest absolute Gasteiger partial charge is 0.330 e. The summed E-state index contributed by atoms with van der Waals surface area (Å²) in [5.74, 6) is -0.279. The molecule has 4 aromatic rings. The van der Waals surface area contributed by atoms with Crippen LogP contribution in [0, 0.1) is 5.41 Å². The molecule has 1 fully saturated rings. The maximum Gasteiger partial charge on any atom is 0.330 e. The molecule has 182 valence electrons. The Morgan fingerprint density at radius 3 is 1.86 bits per heavy atom. The zero-order valence-electron chi connectivity index (χ0n) is 19.3. The Morgan fingerprint density at radius 2 is 1.39 bits per heavy atom. The lowest BCUT2D eigenvalue weighted by Crippen LogP contribution is -2.41. The third kappa shape index (κ3) is 4.28. The van der Waals surface area contributed by atoms with Gasteiger partial charge in [-0.15, -0.1) is 0 Å². The van der Waals surface area contributed by atoms with Gasteiger partial charge >= 0.3 is 5.69 Å². The summed E-state index contributed by atoms with van der Waals surface area (Å²) in [6, 6.07) is 30.0. The van der Waals surface area contributed by atoms with Crippen LogP contribution in [0.1, 0.15) is 29.3 Å². The predicted molar refractivity (Wildman–Crippen MR) is 134 cm³/mol. The van der Waals surface area contributed by atoms with Crippen molar-refractivity contribution in [1.82, 2.24) is 9.55 Å². The third-order valence-electron chi connectivity index (χ3n) is 6.32. The summed E-state index contributed by atoms with van der Waals surface area (Å²) in [7, 11) is 0. The molecule has 0 aliphatic carbocycles. The van der Waals surface area contributed by atoms with Crippen molar-refractivity contribution in [3.63, 3.8) is 0 Å². The SMILES string of the molecule is N=C(OC(c1ccccc1)(c1ccccc1)c1ccccc1)[C@H]1O[C@@H](n2ccc(=O)[nH]c2=O)C[C@@H]1O. The van der Waals surface area contributed by atoms with Crippen molar-refractivity contribution in [3.8, 4) is 0 Å². The quantitative estimate of drug-likeness (QED) is 0.221. The van der Waals surface area contributed by atoms with E-state index in [-0.39, 0.29) is 12.3 Å². The first kappa shape index (κ1) is 23.5. The zero-order chi connectivity index (χ0) is 25.1. The largest absolute Gasteiger partial charge is 0.458 e. The van der Waals surface area contributed by atoms with E-state index in [4.69, 9.17) is 14.9 Å². The van der Waals surface area contributed by atoms with Crippen LogP contribution < -0.4 is 11.2 Å². The van der Waals surface area contributed by atoms with Gasteiger partial charge in [0, 0.05) is 35.4 Å². The first-order valence-corrected chi connectivity index (χ1v) is 11.6. The molecule has 3 aromatic carbocycles. The van der Waals surface area contributed by atoms with E-state index in [1.54, 1.807) is 0 Å². The minimum absolute atomic E-state index is 0.0529. The highest BCUT2D eigenvalue weighted by Crippen LogP contribution is 2.42. The molecule has 8 nitrogen and oxygen atoms in total. The number of aromatic amines is 1. The first-order valence-electron chi connectivity index (χ1n) is 11.6. The number of nitrogens with zero attached hydrogens (tertiary/aromatic N) is 1. The van der Waals surface area contributed by atoms with Gasteiger partial charge in [0.25, 0.3) is 5.56 Å². The number of rotatable bonds is 6. The monoisotopic (exact) mass is 483 g/mol. The summed E-state index contributed by atoms with van der Waals surface area (Å²) in [5, 5.41) is 19.7. The number of nitrogens with one attached hydrogen (secondary N) is 2. The standard InChI is InChI=1S/C28H25N3O5/c29-26(25-22(32)18-24(35-25)31-17-16-23(33)30-27(31)34)36-28(19-10-4-1-5-11-19,20-12-6-2-7-13-20)21-14-8-3-9-15-21/h1-17,22,24-25,29,32H,18H2,(H,30,33,34)/t22-,24+,25-/m0/s1. The number of ether oxygens (including phenoxy) is 2. The van der Waals surface area contributed by atoms with Gasteiger partial charge in [0.2, 0.25) is 5.90 Å². The minimum atomic E-state index is -1.20. The van der Waals surface area contributed by atoms with E-state index in [1.165, 1.54) is 16.8 Å². The molecular weight excluding hydrogens is 458 g/mol. The highest BCUT2D eigenvalue weighted by molar-refractivity contribution is 5.80. The molecule has 0 amide bonds. The molecule has 0 saturated carbocycles. The van der Waals surface area contributed by atoms with Crippen LogP contribution in [0.25, 0.3) is 0 Å². The lowest BCUT2D eigenvalue weighted by Gasteiger charge is -2.37. The molecule has 5 rings (SSSR count). The second-order valence-corrected chi connectivity index (χ2v) is 8.58. The van der Waals surface area contributed by atoms with E-state index in [2.05, 4.69) is 4.98 Å². The van der Waals surface area contributed by atoms with Crippen molar-refractivity contribution in [1.29, 1.82) is 5.41 Å². The van der Waals surface area contributed by atoms with Crippen molar-refractivity contribution >= 4 is 5.90 Å². The molecule has 8 heteroatoms. The molecule has 0 radical (unpaired) electrons. The van der Waals surface area contributed by atoms with Gasteiger partial charge in [-0.3, -0.25) is 19.8 Å². The molecule has 1 aromatic heterocycles. The summed E-state index contributed by atoms with van der Waals surface area (Å²) in [5.41, 5.74) is 0.0199. The fraction of sp³-hybridized carbons (Fsp3) is 0.179. The lowest BCUT2D eigenvalue weighted by atomic mass is 9.80. The molecular formula is C28H25N3O5. The van der Waals surface area contributed by atoms with Crippen LogP contribution in [0.3, 0.4) is 0 Å². The summed E-state index contributed by atoms with van der Waals surface area (Å²) in [6.07, 6.45) is -1.71. The Morgan fingerprint density at radius 1 is 0.889 bits per heavy atom. The van der Waals surface area contributed by atoms with Gasteiger partial charge in [0.1, 0.15) is 6.23 Å². The Hall–Kier alpha value is -4.27. The number of aliphatic hydroxyl groups excluding tert-OH is 1. The van der Waals surface area contributed by atoms with Gasteiger partial charge in [0.15, 0.2) is 11.7 Å². The number of hydrogen-bond acceptors (Lipinski definition) is 6. The molecule has 0 bridgehead atoms. The molecule has 1 aliphatic heterocycles. The Balaban J connectivity index is 1.55. The Kier molecular flexibility index (Phi) is 6.37. The maximum atomic E-state index is 12.3. The van der Waals surface area contributed by atoms with Crippen molar-refractivity contribution < 1.29 is 14.6 Å². The van der Waals surface area contributed by atoms with Gasteiger partial charge in [-0.2, -0.15) is 0 Å². The van der Waals surface area contributed by atoms with Crippen LogP contribution in [0.2, 0.25) is 0 Å². The van der Waals surface area contributed by atoms with Crippen LogP contribution in [0.4, 0.5) is 0 Å². The van der Waals surface area contributed by atoms with Crippen molar-refractivity contribution in [2.24, 2.45) is 0 Å².